The molecule has 2 aliphatic rings. The van der Waals surface area contributed by atoms with Crippen molar-refractivity contribution in [3.63, 3.8) is 0 Å². The summed E-state index contributed by atoms with van der Waals surface area (Å²) < 4.78 is 11.2. The van der Waals surface area contributed by atoms with Crippen LogP contribution in [0.4, 0.5) is 0 Å². The minimum absolute atomic E-state index is 0.139. The van der Waals surface area contributed by atoms with E-state index < -0.39 is 0 Å². The summed E-state index contributed by atoms with van der Waals surface area (Å²) in [5, 5.41) is 0.818. The van der Waals surface area contributed by atoms with Gasteiger partial charge in [-0.15, -0.1) is 23.5 Å². The molecular weight excluding hydrogens is 482 g/mol. The maximum Gasteiger partial charge on any atom is 0.161 e. The Morgan fingerprint density at radius 1 is 0.941 bits per heavy atom. The molecule has 0 spiro atoms. The number of ether oxygens (including phenoxy) is 2. The molecule has 2 fully saturated rings. The van der Waals surface area contributed by atoms with Crippen molar-refractivity contribution in [1.29, 1.82) is 0 Å². The molecule has 0 bridgehead atoms. The van der Waals surface area contributed by atoms with E-state index in [2.05, 4.69) is 84.9 Å². The second kappa shape index (κ2) is 11.4. The third-order valence-electron chi connectivity index (χ3n) is 7.36. The molecule has 4 rings (SSSR count). The molecule has 1 aliphatic heterocycles. The summed E-state index contributed by atoms with van der Waals surface area (Å²) in [7, 11) is 5.72. The van der Waals surface area contributed by atoms with Crippen molar-refractivity contribution in [2.45, 2.75) is 48.5 Å². The molecule has 1 unspecified atom stereocenters. The average Bonchev–Trinajstić information content (AvgIpc) is 2.81. The van der Waals surface area contributed by atoms with Gasteiger partial charge in [-0.2, -0.15) is 0 Å². The highest BCUT2D eigenvalue weighted by Gasteiger charge is 2.41. The Bertz CT molecular complexity index is 942. The Kier molecular flexibility index (Phi) is 8.71. The van der Waals surface area contributed by atoms with Crippen LogP contribution in [-0.2, 0) is 9.49 Å². The molecule has 1 saturated carbocycles. The van der Waals surface area contributed by atoms with Crippen molar-refractivity contribution in [2.75, 3.05) is 45.9 Å². The van der Waals surface area contributed by atoms with Crippen molar-refractivity contribution in [3.8, 4) is 11.5 Å². The molecule has 1 atom stereocenters. The van der Waals surface area contributed by atoms with Crippen molar-refractivity contribution >= 4 is 35.1 Å². The van der Waals surface area contributed by atoms with Gasteiger partial charge in [-0.3, -0.25) is 0 Å². The van der Waals surface area contributed by atoms with E-state index in [0.717, 1.165) is 29.6 Å². The lowest BCUT2D eigenvalue weighted by Gasteiger charge is -2.46. The van der Waals surface area contributed by atoms with Gasteiger partial charge in [0.2, 0.25) is 0 Å². The Balaban J connectivity index is 1.44. The van der Waals surface area contributed by atoms with Crippen molar-refractivity contribution in [2.24, 2.45) is 5.92 Å². The summed E-state index contributed by atoms with van der Waals surface area (Å²) in [5.74, 6) is 4.71. The Morgan fingerprint density at radius 3 is 2.18 bits per heavy atom. The number of thioether (sulfide) groups is 2. The van der Waals surface area contributed by atoms with Gasteiger partial charge >= 0.3 is 0 Å². The van der Waals surface area contributed by atoms with Crippen molar-refractivity contribution < 1.29 is 9.47 Å². The predicted octanol–water partition coefficient (Wildman–Crippen LogP) is 7.46. The Labute approximate surface area is 219 Å². The maximum absolute atomic E-state index is 6.20. The molecule has 0 amide bonds. The van der Waals surface area contributed by atoms with E-state index in [4.69, 9.17) is 21.1 Å². The smallest absolute Gasteiger partial charge is 0.161 e. The van der Waals surface area contributed by atoms with E-state index in [9.17, 15) is 0 Å². The number of methoxy groups -OCH3 is 2. The Hall–Kier alpha value is -1.01. The highest BCUT2D eigenvalue weighted by Crippen LogP contribution is 2.54. The molecule has 0 radical (unpaired) electrons. The summed E-state index contributed by atoms with van der Waals surface area (Å²) in [4.78, 5) is 2.56. The molecule has 1 aliphatic carbocycles. The summed E-state index contributed by atoms with van der Waals surface area (Å²) in [5.41, 5.74) is 3.02. The van der Waals surface area contributed by atoms with Gasteiger partial charge in [0.05, 0.1) is 18.3 Å². The topological polar surface area (TPSA) is 21.7 Å². The van der Waals surface area contributed by atoms with Gasteiger partial charge < -0.3 is 14.4 Å². The van der Waals surface area contributed by atoms with Crippen molar-refractivity contribution in [1.82, 2.24) is 4.90 Å². The second-order valence-electron chi connectivity index (χ2n) is 10.0. The molecule has 0 aromatic heterocycles. The summed E-state index contributed by atoms with van der Waals surface area (Å²) >= 11 is 10.5. The van der Waals surface area contributed by atoms with E-state index in [1.165, 1.54) is 54.7 Å². The number of benzene rings is 2. The fourth-order valence-electron chi connectivity index (χ4n) is 5.63. The first kappa shape index (κ1) is 26.1. The third kappa shape index (κ3) is 5.69. The van der Waals surface area contributed by atoms with E-state index >= 15 is 0 Å². The molecule has 34 heavy (non-hydrogen) atoms. The van der Waals surface area contributed by atoms with Crippen LogP contribution >= 0.6 is 35.1 Å². The lowest BCUT2D eigenvalue weighted by atomic mass is 9.64. The number of nitrogens with zero attached hydrogens (tertiary/aromatic N) is 1. The second-order valence-corrected chi connectivity index (χ2v) is 13.5. The molecule has 6 heteroatoms. The van der Waals surface area contributed by atoms with Crippen LogP contribution in [0, 0.1) is 5.92 Å². The highest BCUT2D eigenvalue weighted by molar-refractivity contribution is 8.18. The highest BCUT2D eigenvalue weighted by atomic mass is 35.5. The van der Waals surface area contributed by atoms with Gasteiger partial charge in [-0.25, -0.2) is 0 Å². The first-order valence-electron chi connectivity index (χ1n) is 12.3. The number of hydrogen-bond donors (Lipinski definition) is 0. The van der Waals surface area contributed by atoms with Crippen LogP contribution in [0.25, 0.3) is 0 Å². The van der Waals surface area contributed by atoms with Gasteiger partial charge in [-0.1, -0.05) is 43.1 Å². The predicted molar refractivity (Wildman–Crippen MR) is 149 cm³/mol. The standard InChI is InChI=1S/C28H38ClNO2S2/c1-21(18-28(33-15-6-16-34-28)22-7-10-24(29)11-8-22)19-30(2)20-27(13-5-14-27)23-9-12-25(31-3)26(17-23)32-4/h7-12,17,21H,5-6,13-16,18-20H2,1-4H3. The zero-order valence-electron chi connectivity index (χ0n) is 20.9. The van der Waals surface area contributed by atoms with Gasteiger partial charge in [0.1, 0.15) is 0 Å². The van der Waals surface area contributed by atoms with Crippen LogP contribution in [0.2, 0.25) is 5.02 Å². The zero-order chi connectivity index (χ0) is 24.2. The fraction of sp³-hybridized carbons (Fsp3) is 0.571. The maximum atomic E-state index is 6.20. The number of halogens is 1. The zero-order valence-corrected chi connectivity index (χ0v) is 23.3. The summed E-state index contributed by atoms with van der Waals surface area (Å²) in [6.45, 7) is 4.61. The molecule has 1 heterocycles. The number of hydrogen-bond acceptors (Lipinski definition) is 5. The monoisotopic (exact) mass is 519 g/mol. The first-order valence-corrected chi connectivity index (χ1v) is 14.7. The van der Waals surface area contributed by atoms with Crippen LogP contribution in [0.1, 0.15) is 50.2 Å². The Morgan fingerprint density at radius 2 is 1.59 bits per heavy atom. The number of rotatable bonds is 10. The van der Waals surface area contributed by atoms with Crippen molar-refractivity contribution in [3.05, 3.63) is 58.6 Å². The van der Waals surface area contributed by atoms with Crippen LogP contribution in [-0.4, -0.2) is 50.8 Å². The first-order chi connectivity index (χ1) is 16.4. The molecular formula is C28H38ClNO2S2. The number of likely N-dealkylation sites (N-methyl/N-ethyl adjacent to an activating group) is 1. The average molecular weight is 520 g/mol. The van der Waals surface area contributed by atoms with E-state index in [0.29, 0.717) is 5.92 Å². The quantitative estimate of drug-likeness (QED) is 0.324. The largest absolute Gasteiger partial charge is 0.493 e. The van der Waals surface area contributed by atoms with E-state index in [-0.39, 0.29) is 9.49 Å². The summed E-state index contributed by atoms with van der Waals surface area (Å²) in [6.07, 6.45) is 6.25. The minimum Gasteiger partial charge on any atom is -0.493 e. The SMILES string of the molecule is COc1ccc(C2(CN(C)CC(C)CC3(c4ccc(Cl)cc4)SCCCS3)CCC2)cc1OC. The van der Waals surface area contributed by atoms with Crippen LogP contribution in [0.3, 0.4) is 0 Å². The van der Waals surface area contributed by atoms with Gasteiger partial charge in [0.15, 0.2) is 11.5 Å². The third-order valence-corrected chi connectivity index (χ3v) is 11.0. The molecule has 186 valence electrons. The van der Waals surface area contributed by atoms with E-state index in [1.54, 1.807) is 14.2 Å². The van der Waals surface area contributed by atoms with Gasteiger partial charge in [-0.05, 0) is 85.5 Å². The molecule has 2 aromatic carbocycles. The van der Waals surface area contributed by atoms with Crippen LogP contribution < -0.4 is 9.47 Å². The summed E-state index contributed by atoms with van der Waals surface area (Å²) in [6, 6.07) is 15.1. The minimum atomic E-state index is 0.139. The fourth-order valence-corrected chi connectivity index (χ4v) is 9.41. The van der Waals surface area contributed by atoms with Gasteiger partial charge in [0, 0.05) is 23.5 Å². The normalized spacial score (nSPS) is 19.9. The van der Waals surface area contributed by atoms with Crippen LogP contribution in [0.15, 0.2) is 42.5 Å². The van der Waals surface area contributed by atoms with E-state index in [1.807, 2.05) is 0 Å². The molecule has 3 nitrogen and oxygen atoms in total. The van der Waals surface area contributed by atoms with Crippen LogP contribution in [0.5, 0.6) is 11.5 Å². The lowest BCUT2D eigenvalue weighted by molar-refractivity contribution is 0.145. The lowest BCUT2D eigenvalue weighted by Crippen LogP contribution is -2.45. The molecule has 1 saturated heterocycles. The molecule has 2 aromatic rings. The van der Waals surface area contributed by atoms with Gasteiger partial charge in [0.25, 0.3) is 0 Å². The molecule has 0 N–H and O–H groups in total.